The third-order valence-corrected chi connectivity index (χ3v) is 4.16. The second-order valence-electron chi connectivity index (χ2n) is 5.60. The molecule has 4 nitrogen and oxygen atoms in total. The van der Waals surface area contributed by atoms with E-state index in [1.165, 1.54) is 0 Å². The van der Waals surface area contributed by atoms with Crippen molar-refractivity contribution in [1.29, 1.82) is 0 Å². The van der Waals surface area contributed by atoms with Crippen LogP contribution >= 0.6 is 11.6 Å². The molecule has 0 bridgehead atoms. The summed E-state index contributed by atoms with van der Waals surface area (Å²) in [6.07, 6.45) is 1.15. The Morgan fingerprint density at radius 1 is 1.30 bits per heavy atom. The predicted octanol–water partition coefficient (Wildman–Crippen LogP) is 3.33. The van der Waals surface area contributed by atoms with E-state index >= 15 is 0 Å². The molecule has 0 aromatic heterocycles. The van der Waals surface area contributed by atoms with Gasteiger partial charge in [-0.05, 0) is 43.4 Å². The Hall–Kier alpha value is -1.55. The number of halogens is 1. The largest absolute Gasteiger partial charge is 0.481 e. The highest BCUT2D eigenvalue weighted by Crippen LogP contribution is 2.37. The fourth-order valence-corrected chi connectivity index (χ4v) is 2.98. The van der Waals surface area contributed by atoms with Crippen molar-refractivity contribution in [2.45, 2.75) is 26.7 Å². The monoisotopic (exact) mass is 295 g/mol. The molecular weight excluding hydrogens is 278 g/mol. The number of benzene rings is 1. The zero-order chi connectivity index (χ0) is 14.9. The normalized spacial score (nSPS) is 25.4. The van der Waals surface area contributed by atoms with Crippen molar-refractivity contribution in [3.63, 3.8) is 0 Å². The Morgan fingerprint density at radius 3 is 2.60 bits per heavy atom. The molecule has 5 heteroatoms. The zero-order valence-electron chi connectivity index (χ0n) is 11.5. The van der Waals surface area contributed by atoms with Crippen LogP contribution in [0.15, 0.2) is 18.2 Å². The molecule has 2 rings (SSSR count). The minimum Gasteiger partial charge on any atom is -0.481 e. The van der Waals surface area contributed by atoms with Gasteiger partial charge in [0, 0.05) is 0 Å². The third kappa shape index (κ3) is 3.12. The highest BCUT2D eigenvalue weighted by molar-refractivity contribution is 6.33. The van der Waals surface area contributed by atoms with Crippen molar-refractivity contribution < 1.29 is 14.7 Å². The number of carbonyl (C=O) groups is 2. The van der Waals surface area contributed by atoms with Gasteiger partial charge in [0.15, 0.2) is 0 Å². The van der Waals surface area contributed by atoms with Crippen LogP contribution in [0.3, 0.4) is 0 Å². The maximum absolute atomic E-state index is 12.3. The summed E-state index contributed by atoms with van der Waals surface area (Å²) >= 11 is 6.04. The van der Waals surface area contributed by atoms with Gasteiger partial charge in [-0.1, -0.05) is 24.6 Å². The number of hydrogen-bond donors (Lipinski definition) is 2. The number of aryl methyl sites for hydroxylation is 1. The highest BCUT2D eigenvalue weighted by Gasteiger charge is 2.41. The van der Waals surface area contributed by atoms with Crippen LogP contribution in [0.25, 0.3) is 0 Å². The van der Waals surface area contributed by atoms with Crippen LogP contribution in [0, 0.1) is 24.7 Å². The number of nitrogens with one attached hydrogen (secondary N) is 1. The molecule has 20 heavy (non-hydrogen) atoms. The number of rotatable bonds is 3. The number of carboxylic acids is 1. The summed E-state index contributed by atoms with van der Waals surface area (Å²) in [4.78, 5) is 23.5. The van der Waals surface area contributed by atoms with Gasteiger partial charge in [-0.25, -0.2) is 0 Å². The Bertz CT molecular complexity index is 544. The lowest BCUT2D eigenvalue weighted by Crippen LogP contribution is -2.30. The summed E-state index contributed by atoms with van der Waals surface area (Å²) in [6.45, 7) is 3.88. The fraction of sp³-hybridized carbons (Fsp3) is 0.467. The average molecular weight is 296 g/mol. The van der Waals surface area contributed by atoms with Crippen LogP contribution in [-0.4, -0.2) is 17.0 Å². The van der Waals surface area contributed by atoms with E-state index in [1.54, 1.807) is 12.1 Å². The van der Waals surface area contributed by atoms with Crippen LogP contribution in [-0.2, 0) is 9.59 Å². The lowest BCUT2D eigenvalue weighted by molar-refractivity contribution is -0.145. The molecule has 1 aliphatic rings. The van der Waals surface area contributed by atoms with Gasteiger partial charge in [0.25, 0.3) is 0 Å². The molecule has 108 valence electrons. The molecule has 0 radical (unpaired) electrons. The maximum Gasteiger partial charge on any atom is 0.307 e. The molecule has 1 aromatic rings. The Kier molecular flexibility index (Phi) is 4.33. The van der Waals surface area contributed by atoms with Gasteiger partial charge in [0.05, 0.1) is 22.5 Å². The molecule has 2 N–H and O–H groups in total. The Balaban J connectivity index is 2.15. The van der Waals surface area contributed by atoms with Gasteiger partial charge in [-0.2, -0.15) is 0 Å². The van der Waals surface area contributed by atoms with Crippen molar-refractivity contribution in [3.05, 3.63) is 28.8 Å². The van der Waals surface area contributed by atoms with E-state index in [9.17, 15) is 14.7 Å². The van der Waals surface area contributed by atoms with Crippen molar-refractivity contribution in [2.24, 2.45) is 17.8 Å². The summed E-state index contributed by atoms with van der Waals surface area (Å²) in [6, 6.07) is 5.36. The Morgan fingerprint density at radius 2 is 1.95 bits per heavy atom. The quantitative estimate of drug-likeness (QED) is 0.899. The summed E-state index contributed by atoms with van der Waals surface area (Å²) in [5.74, 6) is -1.99. The molecule has 1 amide bonds. The molecule has 1 aliphatic carbocycles. The lowest BCUT2D eigenvalue weighted by Gasteiger charge is -2.16. The lowest BCUT2D eigenvalue weighted by atomic mass is 9.95. The van der Waals surface area contributed by atoms with Gasteiger partial charge in [0.2, 0.25) is 5.91 Å². The molecule has 0 heterocycles. The SMILES string of the molecule is Cc1ccc(Cl)c(NC(=O)[C@H]2CC(C)C[C@H]2C(=O)O)c1. The predicted molar refractivity (Wildman–Crippen MR) is 77.8 cm³/mol. The molecule has 1 saturated carbocycles. The summed E-state index contributed by atoms with van der Waals surface area (Å²) in [7, 11) is 0. The number of aliphatic carboxylic acids is 1. The van der Waals surface area contributed by atoms with Crippen molar-refractivity contribution in [2.75, 3.05) is 5.32 Å². The minimum absolute atomic E-state index is 0.250. The number of amides is 1. The van der Waals surface area contributed by atoms with Gasteiger partial charge >= 0.3 is 5.97 Å². The summed E-state index contributed by atoms with van der Waals surface area (Å²) < 4.78 is 0. The van der Waals surface area contributed by atoms with E-state index in [4.69, 9.17) is 11.6 Å². The standard InChI is InChI=1S/C15H18ClNO3/c1-8-3-4-12(16)13(7-8)17-14(18)10-5-9(2)6-11(10)15(19)20/h3-4,7,9-11H,5-6H2,1-2H3,(H,17,18)(H,19,20)/t9?,10-,11+/m0/s1. The number of carboxylic acid groups (broad SMARTS) is 1. The number of carbonyl (C=O) groups excluding carboxylic acids is 1. The van der Waals surface area contributed by atoms with Gasteiger partial charge < -0.3 is 10.4 Å². The highest BCUT2D eigenvalue weighted by atomic mass is 35.5. The van der Waals surface area contributed by atoms with Crippen LogP contribution in [0.5, 0.6) is 0 Å². The van der Waals surface area contributed by atoms with Gasteiger partial charge in [-0.3, -0.25) is 9.59 Å². The van der Waals surface area contributed by atoms with Gasteiger partial charge in [0.1, 0.15) is 0 Å². The minimum atomic E-state index is -0.898. The van der Waals surface area contributed by atoms with E-state index in [-0.39, 0.29) is 11.8 Å². The first-order valence-electron chi connectivity index (χ1n) is 6.68. The summed E-state index contributed by atoms with van der Waals surface area (Å²) in [5, 5.41) is 12.4. The molecule has 0 aliphatic heterocycles. The van der Waals surface area contributed by atoms with Crippen molar-refractivity contribution in [3.8, 4) is 0 Å². The van der Waals surface area contributed by atoms with Crippen LogP contribution in [0.1, 0.15) is 25.3 Å². The van der Waals surface area contributed by atoms with Crippen molar-refractivity contribution >= 4 is 29.2 Å². The molecule has 0 spiro atoms. The maximum atomic E-state index is 12.3. The topological polar surface area (TPSA) is 66.4 Å². The van der Waals surface area contributed by atoms with E-state index < -0.39 is 17.8 Å². The Labute approximate surface area is 123 Å². The molecule has 1 aromatic carbocycles. The molecule has 0 saturated heterocycles. The smallest absolute Gasteiger partial charge is 0.307 e. The molecule has 3 atom stereocenters. The van der Waals surface area contributed by atoms with E-state index in [0.29, 0.717) is 23.6 Å². The first kappa shape index (κ1) is 14.9. The first-order valence-corrected chi connectivity index (χ1v) is 7.06. The molecule has 1 unspecified atom stereocenters. The molecular formula is C15H18ClNO3. The van der Waals surface area contributed by atoms with E-state index in [0.717, 1.165) is 5.56 Å². The molecule has 1 fully saturated rings. The van der Waals surface area contributed by atoms with Crippen LogP contribution in [0.2, 0.25) is 5.02 Å². The fourth-order valence-electron chi connectivity index (χ4n) is 2.81. The van der Waals surface area contributed by atoms with Gasteiger partial charge in [-0.15, -0.1) is 0 Å². The number of anilines is 1. The van der Waals surface area contributed by atoms with Crippen LogP contribution in [0.4, 0.5) is 5.69 Å². The second kappa shape index (κ2) is 5.83. The third-order valence-electron chi connectivity index (χ3n) is 3.83. The zero-order valence-corrected chi connectivity index (χ0v) is 12.3. The average Bonchev–Trinajstić information content (AvgIpc) is 2.76. The number of hydrogen-bond acceptors (Lipinski definition) is 2. The summed E-state index contributed by atoms with van der Waals surface area (Å²) in [5.41, 5.74) is 1.53. The second-order valence-corrected chi connectivity index (χ2v) is 6.01. The first-order chi connectivity index (χ1) is 9.38. The van der Waals surface area contributed by atoms with Crippen molar-refractivity contribution in [1.82, 2.24) is 0 Å². The van der Waals surface area contributed by atoms with E-state index in [2.05, 4.69) is 5.32 Å². The van der Waals surface area contributed by atoms with Crippen LogP contribution < -0.4 is 5.32 Å². The van der Waals surface area contributed by atoms with E-state index in [1.807, 2.05) is 19.9 Å².